The topological polar surface area (TPSA) is 17.1 Å². The first-order chi connectivity index (χ1) is 8.00. The van der Waals surface area contributed by atoms with E-state index >= 15 is 0 Å². The Morgan fingerprint density at radius 3 is 2.29 bits per heavy atom. The van der Waals surface area contributed by atoms with E-state index in [9.17, 15) is 13.6 Å². The van der Waals surface area contributed by atoms with Crippen LogP contribution in [-0.4, -0.2) is 5.78 Å². The van der Waals surface area contributed by atoms with Gasteiger partial charge in [-0.15, -0.1) is 0 Å². The van der Waals surface area contributed by atoms with Crippen LogP contribution in [0.1, 0.15) is 27.0 Å². The number of carbonyl (C=O) groups is 1. The van der Waals surface area contributed by atoms with Crippen molar-refractivity contribution in [3.8, 4) is 0 Å². The number of thiophene rings is 1. The van der Waals surface area contributed by atoms with Gasteiger partial charge in [0.2, 0.25) is 0 Å². The summed E-state index contributed by atoms with van der Waals surface area (Å²) in [7, 11) is 0. The minimum Gasteiger partial charge on any atom is -0.288 e. The molecular weight excluding hydrogens is 242 g/mol. The lowest BCUT2D eigenvalue weighted by atomic mass is 10.0. The van der Waals surface area contributed by atoms with Gasteiger partial charge in [0, 0.05) is 10.9 Å². The molecule has 88 valence electrons. The van der Waals surface area contributed by atoms with Gasteiger partial charge >= 0.3 is 0 Å². The predicted molar refractivity (Wildman–Crippen MR) is 63.6 cm³/mol. The monoisotopic (exact) mass is 252 g/mol. The number of halogens is 2. The Hall–Kier alpha value is -1.55. The Bertz CT molecular complexity index is 587. The molecule has 2 aromatic rings. The smallest absolute Gasteiger partial charge is 0.197 e. The molecule has 0 unspecified atom stereocenters. The molecule has 1 heterocycles. The molecule has 0 aliphatic carbocycles. The maximum Gasteiger partial charge on any atom is 0.197 e. The highest BCUT2D eigenvalue weighted by Gasteiger charge is 2.18. The highest BCUT2D eigenvalue weighted by molar-refractivity contribution is 7.08. The lowest BCUT2D eigenvalue weighted by molar-refractivity contribution is 0.103. The third-order valence-electron chi connectivity index (χ3n) is 2.59. The molecule has 2 rings (SSSR count). The van der Waals surface area contributed by atoms with E-state index < -0.39 is 17.4 Å². The molecule has 0 fully saturated rings. The first-order valence-corrected chi connectivity index (χ1v) is 5.98. The number of rotatable bonds is 2. The number of benzene rings is 1. The SMILES string of the molecule is Cc1cc(F)c(C(=O)c2cscc2C)cc1F. The molecular formula is C13H10F2OS. The van der Waals surface area contributed by atoms with Crippen molar-refractivity contribution in [2.75, 3.05) is 0 Å². The van der Waals surface area contributed by atoms with Gasteiger partial charge in [-0.25, -0.2) is 8.78 Å². The highest BCUT2D eigenvalue weighted by Crippen LogP contribution is 2.21. The molecule has 4 heteroatoms. The van der Waals surface area contributed by atoms with Crippen LogP contribution in [0.5, 0.6) is 0 Å². The van der Waals surface area contributed by atoms with E-state index in [1.807, 2.05) is 0 Å². The Labute approximate surface area is 102 Å². The molecule has 0 aliphatic heterocycles. The second-order valence-corrected chi connectivity index (χ2v) is 4.62. The summed E-state index contributed by atoms with van der Waals surface area (Å²) in [5.74, 6) is -1.72. The lowest BCUT2D eigenvalue weighted by Gasteiger charge is -2.04. The van der Waals surface area contributed by atoms with Gasteiger partial charge in [-0.1, -0.05) is 0 Å². The van der Waals surface area contributed by atoms with Crippen molar-refractivity contribution >= 4 is 17.1 Å². The molecule has 0 bridgehead atoms. The summed E-state index contributed by atoms with van der Waals surface area (Å²) in [6.45, 7) is 3.23. The molecule has 0 saturated heterocycles. The normalized spacial score (nSPS) is 10.6. The van der Waals surface area contributed by atoms with Crippen LogP contribution in [-0.2, 0) is 0 Å². The molecule has 17 heavy (non-hydrogen) atoms. The van der Waals surface area contributed by atoms with Gasteiger partial charge in [0.05, 0.1) is 5.56 Å². The Balaban J connectivity index is 2.52. The quantitative estimate of drug-likeness (QED) is 0.741. The average molecular weight is 252 g/mol. The molecule has 0 radical (unpaired) electrons. The molecule has 0 amide bonds. The van der Waals surface area contributed by atoms with Crippen molar-refractivity contribution < 1.29 is 13.6 Å². The number of ketones is 1. The number of carbonyl (C=O) groups excluding carboxylic acids is 1. The van der Waals surface area contributed by atoms with Gasteiger partial charge in [0.25, 0.3) is 0 Å². The van der Waals surface area contributed by atoms with Crippen molar-refractivity contribution in [3.63, 3.8) is 0 Å². The minimum absolute atomic E-state index is 0.195. The van der Waals surface area contributed by atoms with Gasteiger partial charge in [-0.2, -0.15) is 11.3 Å². The molecule has 0 atom stereocenters. The highest BCUT2D eigenvalue weighted by atomic mass is 32.1. The standard InChI is InChI=1S/C13H10F2OS/c1-7-3-12(15)9(4-11(7)14)13(16)10-6-17-5-8(10)2/h3-6H,1-2H3. The molecule has 1 aromatic carbocycles. The van der Waals surface area contributed by atoms with Crippen LogP contribution in [0.25, 0.3) is 0 Å². The largest absolute Gasteiger partial charge is 0.288 e. The summed E-state index contributed by atoms with van der Waals surface area (Å²) < 4.78 is 27.0. The maximum absolute atomic E-state index is 13.6. The lowest BCUT2D eigenvalue weighted by Crippen LogP contribution is -2.06. The zero-order valence-corrected chi connectivity index (χ0v) is 10.2. The van der Waals surface area contributed by atoms with E-state index in [1.165, 1.54) is 18.3 Å². The summed E-state index contributed by atoms with van der Waals surface area (Å²) in [4.78, 5) is 12.0. The molecule has 0 spiro atoms. The van der Waals surface area contributed by atoms with Gasteiger partial charge < -0.3 is 0 Å². The van der Waals surface area contributed by atoms with Gasteiger partial charge in [-0.3, -0.25) is 4.79 Å². The maximum atomic E-state index is 13.6. The van der Waals surface area contributed by atoms with Gasteiger partial charge in [-0.05, 0) is 42.5 Å². The fraction of sp³-hybridized carbons (Fsp3) is 0.154. The fourth-order valence-electron chi connectivity index (χ4n) is 1.56. The summed E-state index contributed by atoms with van der Waals surface area (Å²) in [5, 5.41) is 3.45. The van der Waals surface area contributed by atoms with E-state index in [-0.39, 0.29) is 11.1 Å². The zero-order chi connectivity index (χ0) is 12.6. The first-order valence-electron chi connectivity index (χ1n) is 5.04. The third-order valence-corrected chi connectivity index (χ3v) is 3.45. The Kier molecular flexibility index (Phi) is 3.07. The van der Waals surface area contributed by atoms with Crippen LogP contribution in [0.2, 0.25) is 0 Å². The third kappa shape index (κ3) is 2.13. The molecule has 1 aromatic heterocycles. The number of hydrogen-bond donors (Lipinski definition) is 0. The van der Waals surface area contributed by atoms with E-state index in [0.29, 0.717) is 5.56 Å². The van der Waals surface area contributed by atoms with Crippen molar-refractivity contribution in [2.24, 2.45) is 0 Å². The summed E-state index contributed by atoms with van der Waals surface area (Å²) in [6.07, 6.45) is 0. The van der Waals surface area contributed by atoms with Crippen molar-refractivity contribution in [1.82, 2.24) is 0 Å². The predicted octanol–water partition coefficient (Wildman–Crippen LogP) is 3.87. The van der Waals surface area contributed by atoms with E-state index in [2.05, 4.69) is 0 Å². The van der Waals surface area contributed by atoms with Crippen LogP contribution < -0.4 is 0 Å². The Morgan fingerprint density at radius 2 is 1.71 bits per heavy atom. The number of aryl methyl sites for hydroxylation is 2. The summed E-state index contributed by atoms with van der Waals surface area (Å²) in [5.41, 5.74) is 1.19. The van der Waals surface area contributed by atoms with E-state index in [0.717, 1.165) is 17.7 Å². The molecule has 0 N–H and O–H groups in total. The van der Waals surface area contributed by atoms with E-state index in [4.69, 9.17) is 0 Å². The van der Waals surface area contributed by atoms with Crippen molar-refractivity contribution in [1.29, 1.82) is 0 Å². The van der Waals surface area contributed by atoms with Crippen molar-refractivity contribution in [2.45, 2.75) is 13.8 Å². The zero-order valence-electron chi connectivity index (χ0n) is 9.38. The van der Waals surface area contributed by atoms with Crippen LogP contribution >= 0.6 is 11.3 Å². The minimum atomic E-state index is -0.681. The van der Waals surface area contributed by atoms with Crippen LogP contribution in [0.15, 0.2) is 22.9 Å². The molecule has 0 aliphatic rings. The van der Waals surface area contributed by atoms with E-state index in [1.54, 1.807) is 17.7 Å². The van der Waals surface area contributed by atoms with Gasteiger partial charge in [0.15, 0.2) is 5.78 Å². The van der Waals surface area contributed by atoms with Crippen molar-refractivity contribution in [3.05, 3.63) is 56.8 Å². The second-order valence-electron chi connectivity index (χ2n) is 3.88. The van der Waals surface area contributed by atoms with Crippen LogP contribution in [0, 0.1) is 25.5 Å². The first kappa shape index (κ1) is 11.9. The fourth-order valence-corrected chi connectivity index (χ4v) is 2.39. The molecule has 0 saturated carbocycles. The Morgan fingerprint density at radius 1 is 1.00 bits per heavy atom. The van der Waals surface area contributed by atoms with Crippen LogP contribution in [0.4, 0.5) is 8.78 Å². The van der Waals surface area contributed by atoms with Crippen LogP contribution in [0.3, 0.4) is 0 Å². The molecule has 1 nitrogen and oxygen atoms in total. The summed E-state index contributed by atoms with van der Waals surface area (Å²) in [6, 6.07) is 2.01. The van der Waals surface area contributed by atoms with Gasteiger partial charge in [0.1, 0.15) is 11.6 Å². The summed E-state index contributed by atoms with van der Waals surface area (Å²) >= 11 is 1.37. The second kappa shape index (κ2) is 4.37. The number of hydrogen-bond acceptors (Lipinski definition) is 2. The average Bonchev–Trinajstić information content (AvgIpc) is 2.69.